The van der Waals surface area contributed by atoms with Crippen LogP contribution in [0, 0.1) is 0 Å². The third-order valence-corrected chi connectivity index (χ3v) is 4.46. The van der Waals surface area contributed by atoms with Crippen LogP contribution in [-0.2, 0) is 13.0 Å². The first kappa shape index (κ1) is 17.4. The third-order valence-electron chi connectivity index (χ3n) is 4.46. The van der Waals surface area contributed by atoms with Crippen LogP contribution in [0.2, 0.25) is 0 Å². The Hall–Kier alpha value is -2.46. The molecule has 4 nitrogen and oxygen atoms in total. The minimum atomic E-state index is -0.246. The third kappa shape index (κ3) is 3.64. The zero-order valence-corrected chi connectivity index (χ0v) is 14.9. The number of ketones is 1. The van der Waals surface area contributed by atoms with E-state index in [-0.39, 0.29) is 24.3 Å². The first-order valence-corrected chi connectivity index (χ1v) is 8.41. The zero-order chi connectivity index (χ0) is 18.0. The van der Waals surface area contributed by atoms with Crippen molar-refractivity contribution in [2.75, 3.05) is 7.11 Å². The molecule has 4 heteroatoms. The Labute approximate surface area is 148 Å². The average molecular weight is 337 g/mol. The number of rotatable bonds is 5. The van der Waals surface area contributed by atoms with Crippen molar-refractivity contribution < 1.29 is 14.6 Å². The van der Waals surface area contributed by atoms with Crippen molar-refractivity contribution in [3.8, 4) is 5.75 Å². The topological polar surface area (TPSA) is 58.9 Å². The summed E-state index contributed by atoms with van der Waals surface area (Å²) in [6.07, 6.45) is 1.03. The molecule has 0 unspecified atom stereocenters. The molecule has 0 aliphatic carbocycles. The molecule has 0 atom stereocenters. The van der Waals surface area contributed by atoms with Crippen molar-refractivity contribution in [2.45, 2.75) is 38.8 Å². The maximum absolute atomic E-state index is 12.9. The van der Waals surface area contributed by atoms with Crippen LogP contribution in [0.25, 0.3) is 0 Å². The minimum Gasteiger partial charge on any atom is -0.496 e. The number of fused-ring (bicyclic) bond motifs is 1. The highest BCUT2D eigenvalue weighted by atomic mass is 16.5. The summed E-state index contributed by atoms with van der Waals surface area (Å²) in [6, 6.07) is 13.2. The Balaban J connectivity index is 1.98. The highest BCUT2D eigenvalue weighted by Crippen LogP contribution is 2.30. The Morgan fingerprint density at radius 2 is 2.00 bits per heavy atom. The van der Waals surface area contributed by atoms with E-state index >= 15 is 0 Å². The van der Waals surface area contributed by atoms with Gasteiger partial charge in [-0.2, -0.15) is 0 Å². The molecule has 0 radical (unpaired) electrons. The van der Waals surface area contributed by atoms with Crippen LogP contribution in [0.5, 0.6) is 5.75 Å². The Morgan fingerprint density at radius 1 is 1.24 bits per heavy atom. The fraction of sp³-hybridized carbons (Fsp3) is 0.333. The Kier molecular flexibility index (Phi) is 4.73. The second kappa shape index (κ2) is 6.81. The van der Waals surface area contributed by atoms with Gasteiger partial charge in [-0.05, 0) is 55.2 Å². The number of para-hydroxylation sites is 1. The Bertz CT molecular complexity index is 837. The lowest BCUT2D eigenvalue weighted by atomic mass is 9.84. The van der Waals surface area contributed by atoms with E-state index in [1.54, 1.807) is 19.2 Å². The van der Waals surface area contributed by atoms with Crippen LogP contribution < -0.4 is 4.74 Å². The van der Waals surface area contributed by atoms with Gasteiger partial charge in [-0.25, -0.2) is 0 Å². The van der Waals surface area contributed by atoms with Crippen LogP contribution in [0.3, 0.4) is 0 Å². The summed E-state index contributed by atoms with van der Waals surface area (Å²) in [5.41, 5.74) is 4.06. The van der Waals surface area contributed by atoms with E-state index in [1.165, 1.54) is 5.56 Å². The summed E-state index contributed by atoms with van der Waals surface area (Å²) in [6.45, 7) is 4.12. The second-order valence-corrected chi connectivity index (χ2v) is 7.00. The maximum Gasteiger partial charge on any atom is 0.172 e. The molecule has 2 aromatic rings. The van der Waals surface area contributed by atoms with E-state index < -0.39 is 0 Å². The van der Waals surface area contributed by atoms with Crippen LogP contribution in [-0.4, -0.2) is 29.3 Å². The molecule has 3 rings (SSSR count). The molecule has 1 aliphatic heterocycles. The predicted octanol–water partition coefficient (Wildman–Crippen LogP) is 3.58. The van der Waals surface area contributed by atoms with E-state index in [0.29, 0.717) is 11.3 Å². The van der Waals surface area contributed by atoms with Gasteiger partial charge in [0, 0.05) is 0 Å². The summed E-state index contributed by atoms with van der Waals surface area (Å²) < 4.78 is 5.31. The second-order valence-electron chi connectivity index (χ2n) is 7.00. The smallest absolute Gasteiger partial charge is 0.172 e. The zero-order valence-electron chi connectivity index (χ0n) is 14.9. The van der Waals surface area contributed by atoms with Gasteiger partial charge in [0.1, 0.15) is 5.75 Å². The van der Waals surface area contributed by atoms with Gasteiger partial charge in [-0.3, -0.25) is 9.79 Å². The fourth-order valence-electron chi connectivity index (χ4n) is 3.33. The van der Waals surface area contributed by atoms with Gasteiger partial charge in [0.15, 0.2) is 5.78 Å². The number of hydrogen-bond donors (Lipinski definition) is 1. The van der Waals surface area contributed by atoms with E-state index in [2.05, 4.69) is 13.8 Å². The van der Waals surface area contributed by atoms with Gasteiger partial charge < -0.3 is 9.84 Å². The van der Waals surface area contributed by atoms with Crippen LogP contribution >= 0.6 is 0 Å². The number of nitrogens with zero attached hydrogens (tertiary/aromatic N) is 1. The first-order chi connectivity index (χ1) is 11.9. The van der Waals surface area contributed by atoms with Gasteiger partial charge in [-0.15, -0.1) is 0 Å². The summed E-state index contributed by atoms with van der Waals surface area (Å²) in [7, 11) is 1.57. The number of carbonyl (C=O) groups is 1. The van der Waals surface area contributed by atoms with Gasteiger partial charge in [0.2, 0.25) is 0 Å². The van der Waals surface area contributed by atoms with Crippen LogP contribution in [0.1, 0.15) is 47.3 Å². The number of methoxy groups -OCH3 is 1. The average Bonchev–Trinajstić information content (AvgIpc) is 2.60. The first-order valence-electron chi connectivity index (χ1n) is 8.41. The molecule has 0 bridgehead atoms. The van der Waals surface area contributed by atoms with Gasteiger partial charge in [-0.1, -0.05) is 24.3 Å². The molecule has 0 fully saturated rings. The summed E-state index contributed by atoms with van der Waals surface area (Å²) >= 11 is 0. The molecular formula is C21H23NO3. The highest BCUT2D eigenvalue weighted by molar-refractivity contribution is 6.17. The van der Waals surface area contributed by atoms with E-state index in [4.69, 9.17) is 9.73 Å². The molecule has 25 heavy (non-hydrogen) atoms. The molecule has 130 valence electrons. The standard InChI is InChI=1S/C21H23NO3/c1-21(2)12-15-9-8-14(13-23)10-17(15)18(22-21)11-19(24)16-6-4-5-7-20(16)25-3/h4-10,23H,11-13H2,1-3H3. The number of hydrogen-bond acceptors (Lipinski definition) is 4. The van der Waals surface area contributed by atoms with Crippen molar-refractivity contribution in [3.05, 3.63) is 64.7 Å². The lowest BCUT2D eigenvalue weighted by Crippen LogP contribution is -2.30. The predicted molar refractivity (Wildman–Crippen MR) is 98.6 cm³/mol. The molecule has 0 aromatic heterocycles. The number of carbonyl (C=O) groups excluding carboxylic acids is 1. The SMILES string of the molecule is COc1ccccc1C(=O)CC1=NC(C)(C)Cc2ccc(CO)cc21. The molecule has 2 aromatic carbocycles. The van der Waals surface area contributed by atoms with Crippen LogP contribution in [0.4, 0.5) is 0 Å². The Morgan fingerprint density at radius 3 is 2.72 bits per heavy atom. The number of aliphatic hydroxyl groups excluding tert-OH is 1. The van der Waals surface area contributed by atoms with Gasteiger partial charge >= 0.3 is 0 Å². The lowest BCUT2D eigenvalue weighted by Gasteiger charge is -2.29. The molecule has 0 saturated heterocycles. The molecule has 0 spiro atoms. The molecule has 1 aliphatic rings. The number of aliphatic hydroxyl groups is 1. The largest absolute Gasteiger partial charge is 0.496 e. The van der Waals surface area contributed by atoms with Crippen molar-refractivity contribution in [1.82, 2.24) is 0 Å². The normalized spacial score (nSPS) is 15.3. The molecular weight excluding hydrogens is 314 g/mol. The van der Waals surface area contributed by atoms with Gasteiger partial charge in [0.25, 0.3) is 0 Å². The lowest BCUT2D eigenvalue weighted by molar-refractivity contribution is 0.0997. The molecule has 1 N–H and O–H groups in total. The highest BCUT2D eigenvalue weighted by Gasteiger charge is 2.28. The molecule has 0 saturated carbocycles. The quantitative estimate of drug-likeness (QED) is 0.848. The monoisotopic (exact) mass is 337 g/mol. The maximum atomic E-state index is 12.9. The molecule has 1 heterocycles. The summed E-state index contributed by atoms with van der Waals surface area (Å²) in [5, 5.41) is 9.43. The minimum absolute atomic E-state index is 0.0192. The van der Waals surface area contributed by atoms with E-state index in [9.17, 15) is 9.90 Å². The van der Waals surface area contributed by atoms with Crippen molar-refractivity contribution in [2.24, 2.45) is 4.99 Å². The number of benzene rings is 2. The number of ether oxygens (including phenoxy) is 1. The van der Waals surface area contributed by atoms with Crippen molar-refractivity contribution in [1.29, 1.82) is 0 Å². The van der Waals surface area contributed by atoms with E-state index in [0.717, 1.165) is 23.3 Å². The summed E-state index contributed by atoms with van der Waals surface area (Å²) in [5.74, 6) is 0.557. The van der Waals surface area contributed by atoms with Gasteiger partial charge in [0.05, 0.1) is 37.0 Å². The number of Topliss-reactive ketones (excluding diaryl/α,β-unsaturated/α-hetero) is 1. The van der Waals surface area contributed by atoms with E-state index in [1.807, 2.05) is 30.3 Å². The molecule has 0 amide bonds. The fourth-order valence-corrected chi connectivity index (χ4v) is 3.33. The van der Waals surface area contributed by atoms with Crippen LogP contribution in [0.15, 0.2) is 47.5 Å². The summed E-state index contributed by atoms with van der Waals surface area (Å²) in [4.78, 5) is 17.7. The van der Waals surface area contributed by atoms with Crippen molar-refractivity contribution in [3.63, 3.8) is 0 Å². The van der Waals surface area contributed by atoms with Crippen molar-refractivity contribution >= 4 is 11.5 Å². The number of aliphatic imine (C=N–C) groups is 1.